The molecule has 6 nitrogen and oxygen atoms in total. The normalized spacial score (nSPS) is 18.7. The average Bonchev–Trinajstić information content (AvgIpc) is 3.90. The van der Waals surface area contributed by atoms with Gasteiger partial charge in [0.25, 0.3) is 11.5 Å². The van der Waals surface area contributed by atoms with Crippen LogP contribution in [-0.4, -0.2) is 32.4 Å². The predicted molar refractivity (Wildman–Crippen MR) is 168 cm³/mol. The molecule has 2 aliphatic carbocycles. The average molecular weight is 592 g/mol. The number of carbonyl (C=O) groups excluding carboxylic acids is 1. The molecule has 0 radical (unpaired) electrons. The number of aromatic amines is 1. The molecule has 7 heteroatoms. The second-order valence-electron chi connectivity index (χ2n) is 12.8. The molecule has 3 aromatic carbocycles. The maximum Gasteiger partial charge on any atom is 0.256 e. The number of amides is 1. The molecule has 1 aliphatic heterocycles. The van der Waals surface area contributed by atoms with Crippen LogP contribution < -0.4 is 5.56 Å². The number of hydrogen-bond donors (Lipinski definition) is 2. The Labute approximate surface area is 257 Å². The highest BCUT2D eigenvalue weighted by atomic mass is 19.1. The van der Waals surface area contributed by atoms with Crippen molar-refractivity contribution in [3.05, 3.63) is 123 Å². The van der Waals surface area contributed by atoms with Crippen molar-refractivity contribution < 1.29 is 14.3 Å². The van der Waals surface area contributed by atoms with Crippen molar-refractivity contribution in [3.63, 3.8) is 0 Å². The van der Waals surface area contributed by atoms with Gasteiger partial charge in [-0.05, 0) is 90.5 Å². The molecule has 2 heterocycles. The predicted octanol–water partition coefficient (Wildman–Crippen LogP) is 6.71. The highest BCUT2D eigenvalue weighted by molar-refractivity contribution is 5.83. The SMILES string of the molecule is O=C([C@H](O)c1cccc(-c2cccc(F)c2)c1)N1CCCc2nc(C3(c4cccc(C5CCCCC5)c4)CC3)[nH]c(=O)c2C1. The first kappa shape index (κ1) is 28.7. The summed E-state index contributed by atoms with van der Waals surface area (Å²) in [5.74, 6) is 0.531. The Hall–Kier alpha value is -4.10. The number of nitrogens with zero attached hydrogens (tertiary/aromatic N) is 2. The molecule has 0 bridgehead atoms. The first-order valence-electron chi connectivity index (χ1n) is 16.0. The first-order chi connectivity index (χ1) is 21.4. The molecule has 1 atom stereocenters. The van der Waals surface area contributed by atoms with Gasteiger partial charge in [0, 0.05) is 6.54 Å². The van der Waals surface area contributed by atoms with Crippen molar-refractivity contribution >= 4 is 5.91 Å². The van der Waals surface area contributed by atoms with Crippen molar-refractivity contribution in [1.29, 1.82) is 0 Å². The van der Waals surface area contributed by atoms with Crippen LogP contribution in [-0.2, 0) is 23.2 Å². The Morgan fingerprint density at radius 1 is 0.955 bits per heavy atom. The zero-order valence-corrected chi connectivity index (χ0v) is 24.9. The van der Waals surface area contributed by atoms with Crippen molar-refractivity contribution in [3.8, 4) is 11.1 Å². The Morgan fingerprint density at radius 3 is 2.48 bits per heavy atom. The number of halogens is 1. The van der Waals surface area contributed by atoms with Gasteiger partial charge in [-0.15, -0.1) is 0 Å². The number of rotatable bonds is 6. The quantitative estimate of drug-likeness (QED) is 0.261. The Bertz CT molecular complexity index is 1760. The molecule has 44 heavy (non-hydrogen) atoms. The van der Waals surface area contributed by atoms with E-state index in [1.165, 1.54) is 55.4 Å². The van der Waals surface area contributed by atoms with E-state index in [1.807, 2.05) is 6.07 Å². The van der Waals surface area contributed by atoms with E-state index in [9.17, 15) is 19.1 Å². The zero-order chi connectivity index (χ0) is 30.3. The van der Waals surface area contributed by atoms with E-state index < -0.39 is 12.0 Å². The Balaban J connectivity index is 1.12. The van der Waals surface area contributed by atoms with Crippen LogP contribution in [0, 0.1) is 5.82 Å². The fraction of sp³-hybridized carbons (Fsp3) is 0.378. The van der Waals surface area contributed by atoms with Gasteiger partial charge in [-0.1, -0.05) is 73.9 Å². The molecule has 0 saturated heterocycles. The molecule has 2 fully saturated rings. The van der Waals surface area contributed by atoms with Gasteiger partial charge in [0.05, 0.1) is 23.2 Å². The number of aliphatic hydroxyl groups is 1. The third kappa shape index (κ3) is 5.50. The molecule has 7 rings (SSSR count). The van der Waals surface area contributed by atoms with E-state index in [0.717, 1.165) is 24.4 Å². The maximum absolute atomic E-state index is 13.8. The smallest absolute Gasteiger partial charge is 0.256 e. The van der Waals surface area contributed by atoms with Crippen LogP contribution in [0.3, 0.4) is 0 Å². The van der Waals surface area contributed by atoms with Crippen molar-refractivity contribution in [2.45, 2.75) is 81.8 Å². The number of hydrogen-bond acceptors (Lipinski definition) is 4. The summed E-state index contributed by atoms with van der Waals surface area (Å²) in [4.78, 5) is 36.8. The van der Waals surface area contributed by atoms with Crippen molar-refractivity contribution in [2.24, 2.45) is 0 Å². The number of benzene rings is 3. The van der Waals surface area contributed by atoms with E-state index in [-0.39, 0.29) is 23.3 Å². The molecule has 2 N–H and O–H groups in total. The first-order valence-corrected chi connectivity index (χ1v) is 16.0. The summed E-state index contributed by atoms with van der Waals surface area (Å²) in [5.41, 5.74) is 5.21. The zero-order valence-electron chi connectivity index (χ0n) is 24.9. The third-order valence-electron chi connectivity index (χ3n) is 9.92. The summed E-state index contributed by atoms with van der Waals surface area (Å²) in [7, 11) is 0. The summed E-state index contributed by atoms with van der Waals surface area (Å²) in [6.45, 7) is 0.515. The Kier molecular flexibility index (Phi) is 7.67. The second-order valence-corrected chi connectivity index (χ2v) is 12.8. The van der Waals surface area contributed by atoms with Crippen LogP contribution in [0.5, 0.6) is 0 Å². The van der Waals surface area contributed by atoms with Crippen LogP contribution in [0.2, 0.25) is 0 Å². The van der Waals surface area contributed by atoms with Crippen molar-refractivity contribution in [2.75, 3.05) is 6.54 Å². The lowest BCUT2D eigenvalue weighted by Crippen LogP contribution is -2.36. The van der Waals surface area contributed by atoms with E-state index >= 15 is 0 Å². The molecule has 0 spiro atoms. The van der Waals surface area contributed by atoms with Gasteiger partial charge in [0.15, 0.2) is 6.10 Å². The maximum atomic E-state index is 13.8. The van der Waals surface area contributed by atoms with Gasteiger partial charge in [-0.25, -0.2) is 9.37 Å². The van der Waals surface area contributed by atoms with Gasteiger partial charge < -0.3 is 15.0 Å². The van der Waals surface area contributed by atoms with Gasteiger partial charge in [0.2, 0.25) is 0 Å². The fourth-order valence-electron chi connectivity index (χ4n) is 7.22. The van der Waals surface area contributed by atoms with Crippen LogP contribution in [0.1, 0.15) is 97.2 Å². The number of carbonyl (C=O) groups is 1. The van der Waals surface area contributed by atoms with Crippen LogP contribution in [0.15, 0.2) is 77.6 Å². The molecule has 1 aromatic heterocycles. The number of aliphatic hydroxyl groups excluding tert-OH is 1. The summed E-state index contributed by atoms with van der Waals surface area (Å²) in [6, 6.07) is 22.1. The summed E-state index contributed by atoms with van der Waals surface area (Å²) in [6.07, 6.45) is 8.14. The lowest BCUT2D eigenvalue weighted by molar-refractivity contribution is -0.141. The summed E-state index contributed by atoms with van der Waals surface area (Å²) >= 11 is 0. The largest absolute Gasteiger partial charge is 0.378 e. The number of nitrogens with one attached hydrogen (secondary N) is 1. The minimum Gasteiger partial charge on any atom is -0.378 e. The van der Waals surface area contributed by atoms with Gasteiger partial charge in [-0.2, -0.15) is 0 Å². The van der Waals surface area contributed by atoms with Gasteiger partial charge in [0.1, 0.15) is 11.6 Å². The molecule has 2 saturated carbocycles. The standard InChI is InChI=1S/C37H38FN3O3/c38-30-15-6-12-27(22-30)25-10-4-13-28(20-25)33(42)35(44)41-19-7-16-32-31(23-41)34(43)40-36(39-32)37(17-18-37)29-14-5-11-26(21-29)24-8-2-1-3-9-24/h4-6,10-15,20-22,24,33,42H,1-3,7-9,16-19,23H2,(H,39,40,43)/t33-/m1/s1. The molecule has 226 valence electrons. The molecular weight excluding hydrogens is 553 g/mol. The number of fused-ring (bicyclic) bond motifs is 1. The highest BCUT2D eigenvalue weighted by Gasteiger charge is 2.49. The topological polar surface area (TPSA) is 86.3 Å². The van der Waals surface area contributed by atoms with E-state index in [2.05, 4.69) is 29.2 Å². The fourth-order valence-corrected chi connectivity index (χ4v) is 7.22. The second kappa shape index (κ2) is 11.8. The van der Waals surface area contributed by atoms with Crippen molar-refractivity contribution in [1.82, 2.24) is 14.9 Å². The van der Waals surface area contributed by atoms with E-state index in [1.54, 1.807) is 35.2 Å². The minimum absolute atomic E-state index is 0.0988. The minimum atomic E-state index is -1.40. The highest BCUT2D eigenvalue weighted by Crippen LogP contribution is 2.52. The lowest BCUT2D eigenvalue weighted by atomic mass is 9.82. The van der Waals surface area contributed by atoms with Gasteiger partial charge >= 0.3 is 0 Å². The lowest BCUT2D eigenvalue weighted by Gasteiger charge is -2.25. The Morgan fingerprint density at radius 2 is 1.70 bits per heavy atom. The molecule has 3 aliphatic rings. The van der Waals surface area contributed by atoms with E-state index in [4.69, 9.17) is 4.98 Å². The number of aryl methyl sites for hydroxylation is 1. The van der Waals surface area contributed by atoms with Crippen LogP contribution >= 0.6 is 0 Å². The monoisotopic (exact) mass is 591 g/mol. The summed E-state index contributed by atoms with van der Waals surface area (Å²) < 4.78 is 13.8. The van der Waals surface area contributed by atoms with Crippen LogP contribution in [0.25, 0.3) is 11.1 Å². The third-order valence-corrected chi connectivity index (χ3v) is 9.92. The molecule has 1 amide bonds. The summed E-state index contributed by atoms with van der Waals surface area (Å²) in [5, 5.41) is 11.1. The molecular formula is C37H38FN3O3. The van der Waals surface area contributed by atoms with E-state index in [0.29, 0.717) is 47.6 Å². The van der Waals surface area contributed by atoms with Gasteiger partial charge in [-0.3, -0.25) is 9.59 Å². The molecule has 0 unspecified atom stereocenters. The number of aromatic nitrogens is 2. The van der Waals surface area contributed by atoms with Crippen LogP contribution in [0.4, 0.5) is 4.39 Å². The molecule has 4 aromatic rings. The number of H-pyrrole nitrogens is 1.